The van der Waals surface area contributed by atoms with Gasteiger partial charge in [0.1, 0.15) is 10.6 Å². The summed E-state index contributed by atoms with van der Waals surface area (Å²) in [5, 5.41) is 8.13. The number of amides is 1. The van der Waals surface area contributed by atoms with E-state index in [0.29, 0.717) is 18.4 Å². The Bertz CT molecular complexity index is 1200. The van der Waals surface area contributed by atoms with Gasteiger partial charge in [0.2, 0.25) is 26.0 Å². The number of halogens is 1. The maximum Gasteiger partial charge on any atom is 0.246 e. The zero-order valence-electron chi connectivity index (χ0n) is 17.3. The lowest BCUT2D eigenvalue weighted by atomic mass is 9.99. The summed E-state index contributed by atoms with van der Waals surface area (Å²) < 4.78 is 55.5. The Morgan fingerprint density at radius 1 is 1.19 bits per heavy atom. The first-order valence-corrected chi connectivity index (χ1v) is 13.1. The van der Waals surface area contributed by atoms with Crippen molar-refractivity contribution in [3.63, 3.8) is 0 Å². The molecule has 1 aliphatic rings. The largest absolute Gasteiger partial charge is 0.495 e. The third kappa shape index (κ3) is 5.59. The van der Waals surface area contributed by atoms with Gasteiger partial charge in [-0.2, -0.15) is 4.31 Å². The number of carbonyl (C=O) groups is 1. The molecule has 9 nitrogen and oxygen atoms in total. The number of primary sulfonamides is 1. The summed E-state index contributed by atoms with van der Waals surface area (Å²) in [4.78, 5) is 12.6. The van der Waals surface area contributed by atoms with Crippen LogP contribution in [-0.4, -0.2) is 47.2 Å². The number of nitrogens with zero attached hydrogens (tertiary/aromatic N) is 1. The number of nitrogens with one attached hydrogen (secondary N) is 1. The van der Waals surface area contributed by atoms with Crippen molar-refractivity contribution in [2.45, 2.75) is 29.2 Å². The molecule has 1 fully saturated rings. The van der Waals surface area contributed by atoms with E-state index in [1.165, 1.54) is 35.7 Å². The normalized spacial score (nSPS) is 17.7. The Morgan fingerprint density at radius 3 is 2.50 bits per heavy atom. The maximum absolute atomic E-state index is 13.2. The number of hydrogen-bond acceptors (Lipinski definition) is 6. The minimum Gasteiger partial charge on any atom is -0.495 e. The molecule has 0 bridgehead atoms. The predicted molar refractivity (Wildman–Crippen MR) is 119 cm³/mol. The average molecular weight is 502 g/mol. The van der Waals surface area contributed by atoms with Crippen molar-refractivity contribution in [2.75, 3.05) is 20.2 Å². The molecule has 12 heteroatoms. The minimum atomic E-state index is -3.90. The molecule has 1 aliphatic heterocycles. The molecule has 1 atom stereocenters. The van der Waals surface area contributed by atoms with Crippen LogP contribution in [0.25, 0.3) is 0 Å². The first-order valence-electron chi connectivity index (χ1n) is 9.75. The van der Waals surface area contributed by atoms with Gasteiger partial charge in [0.05, 0.1) is 17.9 Å². The number of hydrogen-bond donors (Lipinski definition) is 2. The van der Waals surface area contributed by atoms with Crippen LogP contribution >= 0.6 is 11.6 Å². The summed E-state index contributed by atoms with van der Waals surface area (Å²) in [6.07, 6.45) is 1.08. The highest BCUT2D eigenvalue weighted by Crippen LogP contribution is 2.32. The Kier molecular flexibility index (Phi) is 7.46. The summed E-state index contributed by atoms with van der Waals surface area (Å²) in [5.74, 6) is -0.616. The second kappa shape index (κ2) is 9.75. The van der Waals surface area contributed by atoms with Gasteiger partial charge < -0.3 is 10.1 Å². The molecule has 0 aromatic heterocycles. The molecule has 3 rings (SSSR count). The van der Waals surface area contributed by atoms with Gasteiger partial charge in [0.25, 0.3) is 0 Å². The highest BCUT2D eigenvalue weighted by atomic mass is 35.5. The molecule has 3 N–H and O–H groups in total. The lowest BCUT2D eigenvalue weighted by Gasteiger charge is -2.31. The third-order valence-electron chi connectivity index (χ3n) is 5.22. The predicted octanol–water partition coefficient (Wildman–Crippen LogP) is 1.71. The average Bonchev–Trinajstić information content (AvgIpc) is 2.77. The number of rotatable bonds is 7. The quantitative estimate of drug-likeness (QED) is 0.592. The molecule has 0 aliphatic carbocycles. The van der Waals surface area contributed by atoms with E-state index in [2.05, 4.69) is 5.32 Å². The fourth-order valence-corrected chi connectivity index (χ4v) is 5.95. The Balaban J connectivity index is 1.68. The molecule has 0 spiro atoms. The van der Waals surface area contributed by atoms with Gasteiger partial charge in [0, 0.05) is 24.7 Å². The van der Waals surface area contributed by atoms with Crippen LogP contribution in [0.1, 0.15) is 18.4 Å². The summed E-state index contributed by atoms with van der Waals surface area (Å²) in [6, 6.07) is 10.2. The van der Waals surface area contributed by atoms with Gasteiger partial charge in [-0.15, -0.1) is 0 Å². The van der Waals surface area contributed by atoms with E-state index in [0.717, 1.165) is 0 Å². The van der Waals surface area contributed by atoms with Crippen molar-refractivity contribution in [1.29, 1.82) is 0 Å². The molecule has 2 aromatic carbocycles. The van der Waals surface area contributed by atoms with Crippen molar-refractivity contribution >= 4 is 37.6 Å². The van der Waals surface area contributed by atoms with E-state index in [-0.39, 0.29) is 46.1 Å². The summed E-state index contributed by atoms with van der Waals surface area (Å²) in [7, 11) is -6.31. The fraction of sp³-hybridized carbons (Fsp3) is 0.350. The van der Waals surface area contributed by atoms with Crippen LogP contribution in [0.3, 0.4) is 0 Å². The molecule has 1 heterocycles. The fourth-order valence-electron chi connectivity index (χ4n) is 3.50. The van der Waals surface area contributed by atoms with E-state index in [1.807, 2.05) is 0 Å². The first kappa shape index (κ1) is 24.5. The Hall–Kier alpha value is -2.18. The number of methoxy groups -OCH3 is 1. The highest BCUT2D eigenvalue weighted by Gasteiger charge is 2.35. The van der Waals surface area contributed by atoms with Gasteiger partial charge >= 0.3 is 0 Å². The summed E-state index contributed by atoms with van der Waals surface area (Å²) in [5.41, 5.74) is 0.690. The van der Waals surface area contributed by atoms with Gasteiger partial charge in [-0.1, -0.05) is 23.7 Å². The number of piperidine rings is 1. The van der Waals surface area contributed by atoms with Crippen molar-refractivity contribution in [3.8, 4) is 5.75 Å². The molecular formula is C20H24ClN3O6S2. The molecule has 1 amide bonds. The van der Waals surface area contributed by atoms with Crippen LogP contribution < -0.4 is 15.2 Å². The SMILES string of the molecule is COc1ccc(Cl)cc1S(=O)(=O)N1CCC[C@H](C(=O)NCc2ccc(S(N)(=O)=O)cc2)C1. The van der Waals surface area contributed by atoms with Crippen LogP contribution in [0, 0.1) is 5.92 Å². The van der Waals surface area contributed by atoms with E-state index in [9.17, 15) is 21.6 Å². The lowest BCUT2D eigenvalue weighted by Crippen LogP contribution is -2.45. The van der Waals surface area contributed by atoms with E-state index < -0.39 is 26.0 Å². The molecule has 0 unspecified atom stereocenters. The van der Waals surface area contributed by atoms with Crippen LogP contribution in [0.4, 0.5) is 0 Å². The monoisotopic (exact) mass is 501 g/mol. The second-order valence-electron chi connectivity index (χ2n) is 7.40. The van der Waals surface area contributed by atoms with E-state index in [1.54, 1.807) is 18.2 Å². The summed E-state index contributed by atoms with van der Waals surface area (Å²) >= 11 is 5.99. The molecule has 1 saturated heterocycles. The second-order valence-corrected chi connectivity index (χ2v) is 11.3. The smallest absolute Gasteiger partial charge is 0.246 e. The Morgan fingerprint density at radius 2 is 1.88 bits per heavy atom. The highest BCUT2D eigenvalue weighted by molar-refractivity contribution is 7.89. The van der Waals surface area contributed by atoms with Crippen LogP contribution in [0.5, 0.6) is 5.75 Å². The number of ether oxygens (including phenoxy) is 1. The standard InChI is InChI=1S/C20H24ClN3O6S2/c1-30-18-9-6-16(21)11-19(18)32(28,29)24-10-2-3-15(13-24)20(25)23-12-14-4-7-17(8-5-14)31(22,26)27/h4-9,11,15H,2-3,10,12-13H2,1H3,(H,23,25)(H2,22,26,27)/t15-/m0/s1. The van der Waals surface area contributed by atoms with E-state index >= 15 is 0 Å². The molecule has 0 saturated carbocycles. The zero-order chi connectivity index (χ0) is 23.5. The Labute approximate surface area is 192 Å². The zero-order valence-corrected chi connectivity index (χ0v) is 19.7. The molecular weight excluding hydrogens is 478 g/mol. The van der Waals surface area contributed by atoms with Crippen LogP contribution in [0.2, 0.25) is 5.02 Å². The van der Waals surface area contributed by atoms with E-state index in [4.69, 9.17) is 21.5 Å². The number of benzene rings is 2. The van der Waals surface area contributed by atoms with Crippen molar-refractivity contribution in [2.24, 2.45) is 11.1 Å². The first-order chi connectivity index (χ1) is 15.0. The number of nitrogens with two attached hydrogens (primary N) is 1. The molecule has 32 heavy (non-hydrogen) atoms. The molecule has 2 aromatic rings. The summed E-state index contributed by atoms with van der Waals surface area (Å²) in [6.45, 7) is 0.500. The van der Waals surface area contributed by atoms with Crippen molar-refractivity contribution < 1.29 is 26.4 Å². The van der Waals surface area contributed by atoms with Gasteiger partial charge in [-0.25, -0.2) is 22.0 Å². The van der Waals surface area contributed by atoms with Crippen molar-refractivity contribution in [3.05, 3.63) is 53.1 Å². The maximum atomic E-state index is 13.2. The van der Waals surface area contributed by atoms with Gasteiger partial charge in [0.15, 0.2) is 0 Å². The topological polar surface area (TPSA) is 136 Å². The number of carbonyl (C=O) groups excluding carboxylic acids is 1. The molecule has 174 valence electrons. The van der Waals surface area contributed by atoms with Gasteiger partial charge in [-0.3, -0.25) is 4.79 Å². The van der Waals surface area contributed by atoms with Crippen LogP contribution in [0.15, 0.2) is 52.3 Å². The van der Waals surface area contributed by atoms with Crippen LogP contribution in [-0.2, 0) is 31.4 Å². The van der Waals surface area contributed by atoms with Crippen molar-refractivity contribution in [1.82, 2.24) is 9.62 Å². The third-order valence-corrected chi connectivity index (χ3v) is 8.27. The number of sulfonamides is 2. The van der Waals surface area contributed by atoms with Gasteiger partial charge in [-0.05, 0) is 48.7 Å². The lowest BCUT2D eigenvalue weighted by molar-refractivity contribution is -0.126. The molecule has 0 radical (unpaired) electrons. The minimum absolute atomic E-state index is 0.0165.